The van der Waals surface area contributed by atoms with Gasteiger partial charge in [-0.25, -0.2) is 9.67 Å². The molecule has 0 spiro atoms. The topological polar surface area (TPSA) is 71.8 Å². The fourth-order valence-electron chi connectivity index (χ4n) is 3.15. The van der Waals surface area contributed by atoms with Gasteiger partial charge in [-0.3, -0.25) is 4.79 Å². The molecule has 2 atom stereocenters. The summed E-state index contributed by atoms with van der Waals surface area (Å²) in [6, 6.07) is 2.37. The number of carbonyl (C=O) groups is 1. The number of nitrogens with one attached hydrogen (secondary N) is 2. The number of hydrogen-bond donors (Lipinski definition) is 2. The minimum atomic E-state index is -0.0343. The highest BCUT2D eigenvalue weighted by molar-refractivity contribution is 5.98. The molecular weight excluding hydrogens is 290 g/mol. The molecule has 6 heteroatoms. The predicted octanol–water partition coefficient (Wildman–Crippen LogP) is 2.05. The lowest BCUT2D eigenvalue weighted by Gasteiger charge is -2.30. The van der Waals surface area contributed by atoms with Gasteiger partial charge in [-0.1, -0.05) is 6.92 Å². The van der Waals surface area contributed by atoms with Crippen LogP contribution in [0.25, 0.3) is 11.0 Å². The zero-order chi connectivity index (χ0) is 16.6. The molecule has 6 nitrogen and oxygen atoms in total. The van der Waals surface area contributed by atoms with E-state index in [0.29, 0.717) is 11.5 Å². The molecular formula is C17H25N5O. The molecule has 3 heterocycles. The molecule has 0 bridgehead atoms. The molecule has 2 aromatic rings. The fraction of sp³-hybridized carbons (Fsp3) is 0.588. The SMILES string of the molecule is Cc1nc2c(cnn2C(C)C)cc1C(=O)NC1CCNCC1C. The van der Waals surface area contributed by atoms with Crippen molar-refractivity contribution in [2.75, 3.05) is 13.1 Å². The second kappa shape index (κ2) is 6.28. The van der Waals surface area contributed by atoms with Gasteiger partial charge in [0, 0.05) is 17.5 Å². The van der Waals surface area contributed by atoms with E-state index < -0.39 is 0 Å². The molecule has 1 aliphatic heterocycles. The van der Waals surface area contributed by atoms with Gasteiger partial charge in [-0.15, -0.1) is 0 Å². The predicted molar refractivity (Wildman–Crippen MR) is 90.6 cm³/mol. The third-order valence-electron chi connectivity index (χ3n) is 4.60. The first kappa shape index (κ1) is 15.9. The van der Waals surface area contributed by atoms with Crippen molar-refractivity contribution in [3.05, 3.63) is 23.5 Å². The smallest absolute Gasteiger partial charge is 0.253 e. The van der Waals surface area contributed by atoms with Crippen molar-refractivity contribution in [3.8, 4) is 0 Å². The molecule has 0 aliphatic carbocycles. The highest BCUT2D eigenvalue weighted by Crippen LogP contribution is 2.20. The number of pyridine rings is 1. The van der Waals surface area contributed by atoms with Crippen LogP contribution in [-0.4, -0.2) is 39.8 Å². The summed E-state index contributed by atoms with van der Waals surface area (Å²) in [5, 5.41) is 11.8. The molecule has 124 valence electrons. The van der Waals surface area contributed by atoms with Crippen LogP contribution in [0.1, 0.15) is 49.3 Å². The Hall–Kier alpha value is -1.95. The zero-order valence-corrected chi connectivity index (χ0v) is 14.3. The van der Waals surface area contributed by atoms with E-state index in [2.05, 4.69) is 41.5 Å². The average Bonchev–Trinajstić information content (AvgIpc) is 2.91. The molecule has 2 N–H and O–H groups in total. The monoisotopic (exact) mass is 315 g/mol. The highest BCUT2D eigenvalue weighted by atomic mass is 16.1. The first-order valence-electron chi connectivity index (χ1n) is 8.34. The van der Waals surface area contributed by atoms with E-state index in [1.54, 1.807) is 6.20 Å². The summed E-state index contributed by atoms with van der Waals surface area (Å²) < 4.78 is 1.89. The van der Waals surface area contributed by atoms with Crippen molar-refractivity contribution in [3.63, 3.8) is 0 Å². The molecule has 2 aromatic heterocycles. The number of aryl methyl sites for hydroxylation is 1. The largest absolute Gasteiger partial charge is 0.349 e. The third kappa shape index (κ3) is 3.08. The van der Waals surface area contributed by atoms with E-state index in [1.807, 2.05) is 17.7 Å². The second-order valence-electron chi connectivity index (χ2n) is 6.77. The van der Waals surface area contributed by atoms with Gasteiger partial charge in [0.1, 0.15) is 0 Å². The van der Waals surface area contributed by atoms with Crippen LogP contribution in [0, 0.1) is 12.8 Å². The Morgan fingerprint density at radius 3 is 2.96 bits per heavy atom. The van der Waals surface area contributed by atoms with Crippen LogP contribution in [0.5, 0.6) is 0 Å². The summed E-state index contributed by atoms with van der Waals surface area (Å²) in [7, 11) is 0. The Labute approximate surface area is 136 Å². The van der Waals surface area contributed by atoms with Gasteiger partial charge in [0.2, 0.25) is 0 Å². The van der Waals surface area contributed by atoms with E-state index in [9.17, 15) is 4.79 Å². The lowest BCUT2D eigenvalue weighted by molar-refractivity contribution is 0.0913. The van der Waals surface area contributed by atoms with Crippen LogP contribution < -0.4 is 10.6 Å². The zero-order valence-electron chi connectivity index (χ0n) is 14.3. The number of fused-ring (bicyclic) bond motifs is 1. The summed E-state index contributed by atoms with van der Waals surface area (Å²) >= 11 is 0. The quantitative estimate of drug-likeness (QED) is 0.909. The lowest BCUT2D eigenvalue weighted by atomic mass is 9.95. The molecule has 1 amide bonds. The molecule has 23 heavy (non-hydrogen) atoms. The van der Waals surface area contributed by atoms with Gasteiger partial charge in [0.25, 0.3) is 5.91 Å². The average molecular weight is 315 g/mol. The minimum absolute atomic E-state index is 0.0343. The van der Waals surface area contributed by atoms with Crippen molar-refractivity contribution >= 4 is 16.9 Å². The van der Waals surface area contributed by atoms with Gasteiger partial charge in [-0.2, -0.15) is 5.10 Å². The molecule has 0 saturated carbocycles. The van der Waals surface area contributed by atoms with E-state index in [-0.39, 0.29) is 18.0 Å². The first-order valence-corrected chi connectivity index (χ1v) is 8.34. The number of carbonyl (C=O) groups excluding carboxylic acids is 1. The molecule has 3 rings (SSSR count). The maximum atomic E-state index is 12.7. The maximum absolute atomic E-state index is 12.7. The van der Waals surface area contributed by atoms with Gasteiger partial charge in [0.15, 0.2) is 5.65 Å². The normalized spacial score (nSPS) is 21.8. The summed E-state index contributed by atoms with van der Waals surface area (Å²) in [6.07, 6.45) is 2.75. The third-order valence-corrected chi connectivity index (χ3v) is 4.60. The minimum Gasteiger partial charge on any atom is -0.349 e. The fourth-order valence-corrected chi connectivity index (χ4v) is 3.15. The molecule has 0 aromatic carbocycles. The van der Waals surface area contributed by atoms with Crippen LogP contribution in [0.3, 0.4) is 0 Å². The standard InChI is InChI=1S/C17H25N5O/c1-10(2)22-16-13(9-19-22)7-14(12(4)20-16)17(23)21-15-5-6-18-8-11(15)3/h7,9-11,15,18H,5-6,8H2,1-4H3,(H,21,23). The Morgan fingerprint density at radius 2 is 2.26 bits per heavy atom. The van der Waals surface area contributed by atoms with Crippen molar-refractivity contribution in [2.24, 2.45) is 5.92 Å². The number of aromatic nitrogens is 3. The summed E-state index contributed by atoms with van der Waals surface area (Å²) in [5.74, 6) is 0.404. The van der Waals surface area contributed by atoms with Crippen LogP contribution in [0.15, 0.2) is 12.3 Å². The number of nitrogens with zero attached hydrogens (tertiary/aromatic N) is 3. The number of hydrogen-bond acceptors (Lipinski definition) is 4. The number of piperidine rings is 1. The number of rotatable bonds is 3. The van der Waals surface area contributed by atoms with Gasteiger partial charge < -0.3 is 10.6 Å². The van der Waals surface area contributed by atoms with Gasteiger partial charge in [0.05, 0.1) is 17.5 Å². The first-order chi connectivity index (χ1) is 11.0. The Bertz CT molecular complexity index is 721. The van der Waals surface area contributed by atoms with Gasteiger partial charge in [-0.05, 0) is 52.3 Å². The van der Waals surface area contributed by atoms with Crippen molar-refractivity contribution in [1.29, 1.82) is 0 Å². The van der Waals surface area contributed by atoms with E-state index in [0.717, 1.165) is 36.2 Å². The molecule has 1 aliphatic rings. The lowest BCUT2D eigenvalue weighted by Crippen LogP contribution is -2.48. The second-order valence-corrected chi connectivity index (χ2v) is 6.77. The Morgan fingerprint density at radius 1 is 1.48 bits per heavy atom. The maximum Gasteiger partial charge on any atom is 0.253 e. The van der Waals surface area contributed by atoms with Crippen LogP contribution >= 0.6 is 0 Å². The summed E-state index contributed by atoms with van der Waals surface area (Å²) in [5.41, 5.74) is 2.23. The molecule has 1 fully saturated rings. The van der Waals surface area contributed by atoms with Crippen molar-refractivity contribution < 1.29 is 4.79 Å². The summed E-state index contributed by atoms with van der Waals surface area (Å²) in [6.45, 7) is 10.1. The Kier molecular flexibility index (Phi) is 4.35. The van der Waals surface area contributed by atoms with E-state index in [1.165, 1.54) is 0 Å². The highest BCUT2D eigenvalue weighted by Gasteiger charge is 2.24. The Balaban J connectivity index is 1.87. The van der Waals surface area contributed by atoms with Crippen LogP contribution in [-0.2, 0) is 0 Å². The van der Waals surface area contributed by atoms with Gasteiger partial charge >= 0.3 is 0 Å². The molecule has 1 saturated heterocycles. The van der Waals surface area contributed by atoms with Crippen molar-refractivity contribution in [1.82, 2.24) is 25.4 Å². The molecule has 2 unspecified atom stereocenters. The van der Waals surface area contributed by atoms with E-state index in [4.69, 9.17) is 0 Å². The summed E-state index contributed by atoms with van der Waals surface area (Å²) in [4.78, 5) is 17.3. The van der Waals surface area contributed by atoms with Crippen molar-refractivity contribution in [2.45, 2.75) is 46.2 Å². The van der Waals surface area contributed by atoms with Crippen LogP contribution in [0.2, 0.25) is 0 Å². The van der Waals surface area contributed by atoms with E-state index >= 15 is 0 Å². The number of amides is 1. The van der Waals surface area contributed by atoms with Crippen LogP contribution in [0.4, 0.5) is 0 Å². The molecule has 0 radical (unpaired) electrons.